The van der Waals surface area contributed by atoms with E-state index >= 15 is 0 Å². The summed E-state index contributed by atoms with van der Waals surface area (Å²) in [4.78, 5) is 26.1. The van der Waals surface area contributed by atoms with E-state index in [0.717, 1.165) is 10.5 Å². The summed E-state index contributed by atoms with van der Waals surface area (Å²) in [5.74, 6) is 0.501. The van der Waals surface area contributed by atoms with Crippen molar-refractivity contribution in [2.24, 2.45) is 0 Å². The normalized spacial score (nSPS) is 11.4. The Balaban J connectivity index is 1.66. The van der Waals surface area contributed by atoms with Gasteiger partial charge >= 0.3 is 0 Å². The summed E-state index contributed by atoms with van der Waals surface area (Å²) in [5, 5.41) is 5.70. The molecule has 2 amide bonds. The third kappa shape index (κ3) is 6.43. The lowest BCUT2D eigenvalue weighted by Crippen LogP contribution is -2.22. The molecule has 0 fully saturated rings. The van der Waals surface area contributed by atoms with E-state index in [2.05, 4.69) is 10.6 Å². The van der Waals surface area contributed by atoms with Crippen LogP contribution in [-0.4, -0.2) is 31.3 Å². The Morgan fingerprint density at radius 3 is 2.30 bits per heavy atom. The molecule has 1 unspecified atom stereocenters. The van der Waals surface area contributed by atoms with Crippen LogP contribution in [0, 0.1) is 6.92 Å². The van der Waals surface area contributed by atoms with Crippen molar-refractivity contribution in [3.63, 3.8) is 0 Å². The smallest absolute Gasteiger partial charge is 0.255 e. The molecular formula is C25H25ClN2O4S. The molecule has 0 heterocycles. The van der Waals surface area contributed by atoms with Gasteiger partial charge in [0, 0.05) is 22.2 Å². The summed E-state index contributed by atoms with van der Waals surface area (Å²) < 4.78 is 10.5. The first-order chi connectivity index (χ1) is 15.8. The summed E-state index contributed by atoms with van der Waals surface area (Å²) in [7, 11) is 3.02. The molecule has 0 spiro atoms. The highest BCUT2D eigenvalue weighted by molar-refractivity contribution is 8.00. The number of amides is 2. The molecule has 0 radical (unpaired) electrons. The molecule has 0 bridgehead atoms. The number of methoxy groups -OCH3 is 2. The number of nitrogens with one attached hydrogen (secondary N) is 2. The third-order valence-electron chi connectivity index (χ3n) is 4.82. The highest BCUT2D eigenvalue weighted by Crippen LogP contribution is 2.36. The lowest BCUT2D eigenvalue weighted by molar-refractivity contribution is -0.115. The summed E-state index contributed by atoms with van der Waals surface area (Å²) in [6.45, 7) is 3.77. The topological polar surface area (TPSA) is 76.7 Å². The fraction of sp³-hybridized carbons (Fsp3) is 0.200. The van der Waals surface area contributed by atoms with Gasteiger partial charge in [-0.05, 0) is 50.2 Å². The van der Waals surface area contributed by atoms with Crippen LogP contribution in [0.2, 0.25) is 5.02 Å². The van der Waals surface area contributed by atoms with E-state index in [9.17, 15) is 9.59 Å². The second kappa shape index (κ2) is 11.1. The zero-order valence-electron chi connectivity index (χ0n) is 18.8. The van der Waals surface area contributed by atoms with Gasteiger partial charge in [-0.25, -0.2) is 0 Å². The molecule has 6 nitrogen and oxygen atoms in total. The summed E-state index contributed by atoms with van der Waals surface area (Å²) in [5.41, 5.74) is 2.78. The summed E-state index contributed by atoms with van der Waals surface area (Å²) in [6.07, 6.45) is 0. The summed E-state index contributed by atoms with van der Waals surface area (Å²) >= 11 is 7.56. The van der Waals surface area contributed by atoms with Crippen LogP contribution in [0.4, 0.5) is 11.4 Å². The van der Waals surface area contributed by atoms with E-state index in [1.54, 1.807) is 31.2 Å². The van der Waals surface area contributed by atoms with Gasteiger partial charge in [0.15, 0.2) is 0 Å². The number of anilines is 2. The van der Waals surface area contributed by atoms with Crippen molar-refractivity contribution >= 4 is 46.6 Å². The van der Waals surface area contributed by atoms with Gasteiger partial charge in [0.25, 0.3) is 5.91 Å². The highest BCUT2D eigenvalue weighted by atomic mass is 35.5. The second-order valence-electron chi connectivity index (χ2n) is 7.28. The Morgan fingerprint density at radius 2 is 1.64 bits per heavy atom. The monoisotopic (exact) mass is 484 g/mol. The molecule has 0 aliphatic carbocycles. The fourth-order valence-electron chi connectivity index (χ4n) is 3.01. The van der Waals surface area contributed by atoms with E-state index in [1.165, 1.54) is 26.0 Å². The number of ether oxygens (including phenoxy) is 2. The molecule has 0 aliphatic heterocycles. The Labute approximate surface area is 202 Å². The van der Waals surface area contributed by atoms with E-state index in [-0.39, 0.29) is 11.8 Å². The number of hydrogen-bond donors (Lipinski definition) is 2. The average molecular weight is 485 g/mol. The molecule has 2 N–H and O–H groups in total. The average Bonchev–Trinajstić information content (AvgIpc) is 2.80. The first kappa shape index (κ1) is 24.5. The van der Waals surface area contributed by atoms with Crippen LogP contribution in [-0.2, 0) is 4.79 Å². The van der Waals surface area contributed by atoms with Crippen molar-refractivity contribution in [3.05, 3.63) is 76.8 Å². The van der Waals surface area contributed by atoms with Crippen LogP contribution in [0.5, 0.6) is 11.5 Å². The number of benzene rings is 3. The molecule has 0 aromatic heterocycles. The Hall–Kier alpha value is -3.16. The van der Waals surface area contributed by atoms with E-state index in [0.29, 0.717) is 33.5 Å². The van der Waals surface area contributed by atoms with Crippen molar-refractivity contribution in [2.75, 3.05) is 24.9 Å². The molecule has 172 valence electrons. The van der Waals surface area contributed by atoms with Gasteiger partial charge < -0.3 is 20.1 Å². The number of carbonyl (C=O) groups excluding carboxylic acids is 2. The minimum absolute atomic E-state index is 0.188. The number of hydrogen-bond acceptors (Lipinski definition) is 5. The molecule has 3 aromatic rings. The molecule has 0 saturated carbocycles. The standard InChI is InChI=1S/C25H25ClN2O4S/c1-15-8-10-17(11-9-15)25(30)27-18-6-5-7-19(12-18)33-16(2)24(29)28-21-13-20(26)22(31-3)14-23(21)32-4/h5-14,16H,1-4H3,(H,27,30)(H,28,29). The first-order valence-electron chi connectivity index (χ1n) is 10.2. The number of aryl methyl sites for hydroxylation is 1. The Kier molecular flexibility index (Phi) is 8.25. The number of carbonyl (C=O) groups is 2. The SMILES string of the molecule is COc1cc(OC)c(NC(=O)C(C)Sc2cccc(NC(=O)c3ccc(C)cc3)c2)cc1Cl. The van der Waals surface area contributed by atoms with Crippen LogP contribution in [0.1, 0.15) is 22.8 Å². The number of thioether (sulfide) groups is 1. The van der Waals surface area contributed by atoms with Crippen molar-refractivity contribution in [3.8, 4) is 11.5 Å². The van der Waals surface area contributed by atoms with Crippen LogP contribution >= 0.6 is 23.4 Å². The van der Waals surface area contributed by atoms with E-state index in [4.69, 9.17) is 21.1 Å². The van der Waals surface area contributed by atoms with Crippen molar-refractivity contribution in [1.82, 2.24) is 0 Å². The number of rotatable bonds is 8. The summed E-state index contributed by atoms with van der Waals surface area (Å²) in [6, 6.07) is 18.0. The Bertz CT molecular complexity index is 1150. The van der Waals surface area contributed by atoms with Gasteiger partial charge in [0.05, 0.1) is 30.2 Å². The first-order valence-corrected chi connectivity index (χ1v) is 11.4. The van der Waals surface area contributed by atoms with Crippen LogP contribution in [0.25, 0.3) is 0 Å². The zero-order valence-corrected chi connectivity index (χ0v) is 20.3. The molecule has 3 aromatic carbocycles. The Morgan fingerprint density at radius 1 is 0.939 bits per heavy atom. The molecule has 0 saturated heterocycles. The van der Waals surface area contributed by atoms with Crippen molar-refractivity contribution in [2.45, 2.75) is 24.0 Å². The minimum Gasteiger partial charge on any atom is -0.495 e. The maximum Gasteiger partial charge on any atom is 0.255 e. The maximum atomic E-state index is 12.8. The third-order valence-corrected chi connectivity index (χ3v) is 6.21. The van der Waals surface area contributed by atoms with Gasteiger partial charge in [-0.2, -0.15) is 0 Å². The molecule has 1 atom stereocenters. The van der Waals surface area contributed by atoms with Gasteiger partial charge in [-0.1, -0.05) is 35.4 Å². The van der Waals surface area contributed by atoms with Gasteiger partial charge in [0.2, 0.25) is 5.91 Å². The van der Waals surface area contributed by atoms with E-state index in [1.807, 2.05) is 43.3 Å². The minimum atomic E-state index is -0.418. The predicted octanol–water partition coefficient (Wildman–Crippen LogP) is 6.04. The second-order valence-corrected chi connectivity index (χ2v) is 9.11. The largest absolute Gasteiger partial charge is 0.495 e. The van der Waals surface area contributed by atoms with Crippen molar-refractivity contribution in [1.29, 1.82) is 0 Å². The molecule has 0 aliphatic rings. The van der Waals surface area contributed by atoms with E-state index < -0.39 is 5.25 Å². The lowest BCUT2D eigenvalue weighted by Gasteiger charge is -2.16. The highest BCUT2D eigenvalue weighted by Gasteiger charge is 2.18. The van der Waals surface area contributed by atoms with Crippen molar-refractivity contribution < 1.29 is 19.1 Å². The van der Waals surface area contributed by atoms with Crippen LogP contribution in [0.15, 0.2) is 65.6 Å². The van der Waals surface area contributed by atoms with Gasteiger partial charge in [-0.3, -0.25) is 9.59 Å². The maximum absolute atomic E-state index is 12.8. The predicted molar refractivity (Wildman–Crippen MR) is 134 cm³/mol. The van der Waals surface area contributed by atoms with Crippen LogP contribution in [0.3, 0.4) is 0 Å². The number of halogens is 1. The molecular weight excluding hydrogens is 460 g/mol. The fourth-order valence-corrected chi connectivity index (χ4v) is 4.17. The van der Waals surface area contributed by atoms with Crippen LogP contribution < -0.4 is 20.1 Å². The lowest BCUT2D eigenvalue weighted by atomic mass is 10.1. The zero-order chi connectivity index (χ0) is 24.0. The molecule has 8 heteroatoms. The molecule has 3 rings (SSSR count). The van der Waals surface area contributed by atoms with Gasteiger partial charge in [-0.15, -0.1) is 11.8 Å². The van der Waals surface area contributed by atoms with Gasteiger partial charge in [0.1, 0.15) is 11.5 Å². The quantitative estimate of drug-likeness (QED) is 0.381. The molecule has 33 heavy (non-hydrogen) atoms.